The van der Waals surface area contributed by atoms with Gasteiger partial charge in [0.25, 0.3) is 5.91 Å². The SMILES string of the molecule is COc1ccc(CNC(=O)c2oc3ccccc3c2CSC2=NCCS2)cc1. The fourth-order valence-electron chi connectivity index (χ4n) is 2.97. The standard InChI is InChI=1S/C21H20N2O3S2/c1-25-15-8-6-14(7-9-15)12-23-20(24)19-17(13-28-21-22-10-11-27-21)16-4-2-3-5-18(16)26-19/h2-9H,10-13H2,1H3,(H,23,24). The van der Waals surface area contributed by atoms with Crippen LogP contribution in [0, 0.1) is 0 Å². The van der Waals surface area contributed by atoms with Gasteiger partial charge in [-0.05, 0) is 23.8 Å². The minimum atomic E-state index is -0.205. The smallest absolute Gasteiger partial charge is 0.287 e. The van der Waals surface area contributed by atoms with Crippen LogP contribution in [-0.2, 0) is 12.3 Å². The number of methoxy groups -OCH3 is 1. The molecule has 0 atom stereocenters. The maximum atomic E-state index is 12.9. The number of ether oxygens (including phenoxy) is 1. The molecule has 0 unspecified atom stereocenters. The van der Waals surface area contributed by atoms with Gasteiger partial charge in [0, 0.05) is 29.0 Å². The van der Waals surface area contributed by atoms with Crippen LogP contribution in [0.4, 0.5) is 0 Å². The van der Waals surface area contributed by atoms with Crippen LogP contribution in [0.15, 0.2) is 57.9 Å². The van der Waals surface area contributed by atoms with Crippen molar-refractivity contribution in [3.05, 3.63) is 65.4 Å². The number of thioether (sulfide) groups is 2. The minimum absolute atomic E-state index is 0.205. The predicted molar refractivity (Wildman–Crippen MR) is 116 cm³/mol. The van der Waals surface area contributed by atoms with Crippen LogP contribution in [0.1, 0.15) is 21.7 Å². The summed E-state index contributed by atoms with van der Waals surface area (Å²) in [5.41, 5.74) is 2.65. The van der Waals surface area contributed by atoms with E-state index in [2.05, 4.69) is 10.3 Å². The fourth-order valence-corrected chi connectivity index (χ4v) is 5.01. The van der Waals surface area contributed by atoms with Crippen molar-refractivity contribution >= 4 is 44.8 Å². The van der Waals surface area contributed by atoms with E-state index in [4.69, 9.17) is 9.15 Å². The number of carbonyl (C=O) groups is 1. The Morgan fingerprint density at radius 3 is 2.82 bits per heavy atom. The molecule has 2 heterocycles. The summed E-state index contributed by atoms with van der Waals surface area (Å²) in [4.78, 5) is 17.3. The zero-order valence-corrected chi connectivity index (χ0v) is 17.1. The average Bonchev–Trinajstić information content (AvgIpc) is 3.38. The molecular weight excluding hydrogens is 392 g/mol. The summed E-state index contributed by atoms with van der Waals surface area (Å²) in [5.74, 6) is 2.66. The van der Waals surface area contributed by atoms with E-state index < -0.39 is 0 Å². The Morgan fingerprint density at radius 2 is 2.07 bits per heavy atom. The minimum Gasteiger partial charge on any atom is -0.497 e. The van der Waals surface area contributed by atoms with E-state index in [0.29, 0.717) is 18.1 Å². The summed E-state index contributed by atoms with van der Waals surface area (Å²) in [6.07, 6.45) is 0. The second kappa shape index (κ2) is 8.75. The van der Waals surface area contributed by atoms with Gasteiger partial charge >= 0.3 is 0 Å². The van der Waals surface area contributed by atoms with Gasteiger partial charge in [-0.1, -0.05) is 53.9 Å². The Labute approximate surface area is 171 Å². The molecule has 0 saturated heterocycles. The molecule has 4 rings (SSSR count). The van der Waals surface area contributed by atoms with Crippen molar-refractivity contribution in [3.63, 3.8) is 0 Å². The molecule has 1 aliphatic heterocycles. The van der Waals surface area contributed by atoms with E-state index in [1.54, 1.807) is 30.6 Å². The first-order valence-corrected chi connectivity index (χ1v) is 10.9. The Bertz CT molecular complexity index is 1010. The quantitative estimate of drug-likeness (QED) is 0.635. The van der Waals surface area contributed by atoms with Crippen LogP contribution in [0.5, 0.6) is 5.75 Å². The van der Waals surface area contributed by atoms with Crippen LogP contribution in [0.25, 0.3) is 11.0 Å². The third kappa shape index (κ3) is 4.20. The molecule has 28 heavy (non-hydrogen) atoms. The van der Waals surface area contributed by atoms with E-state index in [-0.39, 0.29) is 5.91 Å². The number of para-hydroxylation sites is 1. The Kier molecular flexibility index (Phi) is 5.92. The van der Waals surface area contributed by atoms with Crippen LogP contribution in [0.3, 0.4) is 0 Å². The normalized spacial score (nSPS) is 13.5. The highest BCUT2D eigenvalue weighted by Crippen LogP contribution is 2.32. The van der Waals surface area contributed by atoms with E-state index in [1.807, 2.05) is 48.5 Å². The molecule has 0 radical (unpaired) electrons. The predicted octanol–water partition coefficient (Wildman–Crippen LogP) is 4.71. The Morgan fingerprint density at radius 1 is 1.25 bits per heavy atom. The van der Waals surface area contributed by atoms with Crippen LogP contribution in [0.2, 0.25) is 0 Å². The number of hydrogen-bond donors (Lipinski definition) is 1. The number of aliphatic imine (C=N–C) groups is 1. The van der Waals surface area contributed by atoms with Gasteiger partial charge in [-0.15, -0.1) is 0 Å². The lowest BCUT2D eigenvalue weighted by atomic mass is 10.1. The molecule has 0 spiro atoms. The number of nitrogens with zero attached hydrogens (tertiary/aromatic N) is 1. The van der Waals surface area contributed by atoms with Gasteiger partial charge in [0.1, 0.15) is 15.7 Å². The van der Waals surface area contributed by atoms with Gasteiger partial charge in [-0.25, -0.2) is 0 Å². The van der Waals surface area contributed by atoms with Gasteiger partial charge in [-0.2, -0.15) is 0 Å². The molecule has 0 aliphatic carbocycles. The van der Waals surface area contributed by atoms with Crippen molar-refractivity contribution in [2.45, 2.75) is 12.3 Å². The lowest BCUT2D eigenvalue weighted by molar-refractivity contribution is 0.0924. The van der Waals surface area contributed by atoms with Gasteiger partial charge in [-0.3, -0.25) is 9.79 Å². The molecular formula is C21H20N2O3S2. The number of furan rings is 1. The third-order valence-corrected chi connectivity index (χ3v) is 6.69. The van der Waals surface area contributed by atoms with Crippen LogP contribution in [-0.4, -0.2) is 29.7 Å². The van der Waals surface area contributed by atoms with Crippen LogP contribution >= 0.6 is 23.5 Å². The second-order valence-electron chi connectivity index (χ2n) is 6.22. The maximum absolute atomic E-state index is 12.9. The summed E-state index contributed by atoms with van der Waals surface area (Å²) >= 11 is 3.43. The zero-order chi connectivity index (χ0) is 19.3. The van der Waals surface area contributed by atoms with E-state index in [9.17, 15) is 4.79 Å². The van der Waals surface area contributed by atoms with Crippen molar-refractivity contribution in [1.82, 2.24) is 5.32 Å². The van der Waals surface area contributed by atoms with Gasteiger partial charge in [0.05, 0.1) is 13.7 Å². The summed E-state index contributed by atoms with van der Waals surface area (Å²) in [6.45, 7) is 1.29. The molecule has 7 heteroatoms. The van der Waals surface area contributed by atoms with Crippen molar-refractivity contribution in [3.8, 4) is 5.75 Å². The van der Waals surface area contributed by atoms with E-state index in [0.717, 1.165) is 44.5 Å². The highest BCUT2D eigenvalue weighted by Gasteiger charge is 2.21. The number of nitrogens with one attached hydrogen (secondary N) is 1. The summed E-state index contributed by atoms with van der Waals surface area (Å²) in [5, 5.41) is 3.94. The molecule has 0 bridgehead atoms. The van der Waals surface area contributed by atoms with Crippen molar-refractivity contribution in [1.29, 1.82) is 0 Å². The highest BCUT2D eigenvalue weighted by atomic mass is 32.2. The zero-order valence-electron chi connectivity index (χ0n) is 15.4. The van der Waals surface area contributed by atoms with E-state index in [1.165, 1.54) is 0 Å². The molecule has 1 aromatic heterocycles. The molecule has 1 aliphatic rings. The number of fused-ring (bicyclic) bond motifs is 1. The monoisotopic (exact) mass is 412 g/mol. The number of hydrogen-bond acceptors (Lipinski definition) is 6. The number of amides is 1. The molecule has 1 N–H and O–H groups in total. The lowest BCUT2D eigenvalue weighted by Gasteiger charge is -2.07. The van der Waals surface area contributed by atoms with Gasteiger partial charge in [0.15, 0.2) is 5.76 Å². The first-order valence-electron chi connectivity index (χ1n) is 8.96. The molecule has 144 valence electrons. The Balaban J connectivity index is 1.52. The van der Waals surface area contributed by atoms with Gasteiger partial charge in [0.2, 0.25) is 0 Å². The molecule has 5 nitrogen and oxygen atoms in total. The number of rotatable bonds is 6. The first kappa shape index (κ1) is 19.0. The lowest BCUT2D eigenvalue weighted by Crippen LogP contribution is -2.23. The van der Waals surface area contributed by atoms with E-state index >= 15 is 0 Å². The van der Waals surface area contributed by atoms with Gasteiger partial charge < -0.3 is 14.5 Å². The first-order chi connectivity index (χ1) is 13.7. The molecule has 0 fully saturated rings. The average molecular weight is 413 g/mol. The highest BCUT2D eigenvalue weighted by molar-refractivity contribution is 8.38. The van der Waals surface area contributed by atoms with Crippen molar-refractivity contribution in [2.75, 3.05) is 19.4 Å². The third-order valence-electron chi connectivity index (χ3n) is 4.41. The number of benzene rings is 2. The molecule has 1 amide bonds. The van der Waals surface area contributed by atoms with Crippen molar-refractivity contribution < 1.29 is 13.9 Å². The number of carbonyl (C=O) groups excluding carboxylic acids is 1. The molecule has 3 aromatic rings. The fraction of sp³-hybridized carbons (Fsp3) is 0.238. The Hall–Kier alpha value is -2.38. The second-order valence-corrected chi connectivity index (χ2v) is 8.53. The summed E-state index contributed by atoms with van der Waals surface area (Å²) in [7, 11) is 1.63. The largest absolute Gasteiger partial charge is 0.497 e. The topological polar surface area (TPSA) is 63.8 Å². The molecule has 2 aromatic carbocycles. The maximum Gasteiger partial charge on any atom is 0.287 e. The van der Waals surface area contributed by atoms with Crippen molar-refractivity contribution in [2.24, 2.45) is 4.99 Å². The summed E-state index contributed by atoms with van der Waals surface area (Å²) < 4.78 is 12.2. The molecule has 0 saturated carbocycles. The van der Waals surface area contributed by atoms with Crippen LogP contribution < -0.4 is 10.1 Å². The summed E-state index contributed by atoms with van der Waals surface area (Å²) in [6, 6.07) is 15.4.